The Morgan fingerprint density at radius 2 is 1.71 bits per heavy atom. The molecule has 174 valence electrons. The van der Waals surface area contributed by atoms with E-state index in [0.29, 0.717) is 11.3 Å². The maximum absolute atomic E-state index is 12.6. The van der Waals surface area contributed by atoms with Gasteiger partial charge >= 0.3 is 5.97 Å². The quantitative estimate of drug-likeness (QED) is 0.165. The number of carbonyl (C=O) groups is 1. The molecule has 0 aliphatic carbocycles. The molecule has 1 N–H and O–H groups in total. The van der Waals surface area contributed by atoms with E-state index < -0.39 is 29.2 Å². The number of nitrogens with zero attached hydrogens (tertiary/aromatic N) is 1. The molecule has 0 amide bonds. The Kier molecular flexibility index (Phi) is 6.93. The summed E-state index contributed by atoms with van der Waals surface area (Å²) in [5.74, 6) is -0.157. The molecule has 0 radical (unpaired) electrons. The molecule has 0 fully saturated rings. The van der Waals surface area contributed by atoms with Gasteiger partial charge in [-0.05, 0) is 13.0 Å². The molecule has 7 nitrogen and oxygen atoms in total. The van der Waals surface area contributed by atoms with Crippen molar-refractivity contribution in [2.75, 3.05) is 6.61 Å². The van der Waals surface area contributed by atoms with Crippen molar-refractivity contribution in [3.8, 4) is 5.75 Å². The molecule has 4 rings (SSSR count). The van der Waals surface area contributed by atoms with Gasteiger partial charge in [0.25, 0.3) is 5.69 Å². The van der Waals surface area contributed by atoms with Crippen molar-refractivity contribution in [3.63, 3.8) is 0 Å². The first-order valence-corrected chi connectivity index (χ1v) is 13.5. The summed E-state index contributed by atoms with van der Waals surface area (Å²) in [6.45, 7) is 5.82. The van der Waals surface area contributed by atoms with E-state index in [2.05, 4.69) is 11.7 Å². The number of ether oxygens (including phenoxy) is 2. The van der Waals surface area contributed by atoms with Crippen LogP contribution in [0.25, 0.3) is 0 Å². The number of fused-ring (bicyclic) bond motifs is 1. The third-order valence-corrected chi connectivity index (χ3v) is 9.81. The van der Waals surface area contributed by atoms with Crippen molar-refractivity contribution >= 4 is 40.3 Å². The molecule has 0 saturated carbocycles. The van der Waals surface area contributed by atoms with E-state index >= 15 is 0 Å². The van der Waals surface area contributed by atoms with E-state index in [1.165, 1.54) is 18.2 Å². The van der Waals surface area contributed by atoms with Gasteiger partial charge in [0.2, 0.25) is 0 Å². The lowest BCUT2D eigenvalue weighted by molar-refractivity contribution is -0.384. The number of non-ortho nitro benzene ring substituents is 1. The van der Waals surface area contributed by atoms with Gasteiger partial charge in [-0.2, -0.15) is 0 Å². The highest BCUT2D eigenvalue weighted by Gasteiger charge is 2.42. The average molecular weight is 495 g/mol. The first kappa shape index (κ1) is 23.8. The largest absolute Gasteiger partial charge is 0.483 e. The molecule has 34 heavy (non-hydrogen) atoms. The molecular weight excluding hydrogens is 471 g/mol. The Bertz CT molecular complexity index is 1240. The van der Waals surface area contributed by atoms with Crippen LogP contribution >= 0.6 is 6.19 Å². The summed E-state index contributed by atoms with van der Waals surface area (Å²) >= 11 is 6.31. The Balaban J connectivity index is 1.84. The van der Waals surface area contributed by atoms with Crippen LogP contribution in [0, 0.1) is 10.1 Å². The summed E-state index contributed by atoms with van der Waals surface area (Å²) in [5, 5.41) is 16.9. The predicted octanol–water partition coefficient (Wildman–Crippen LogP) is 4.15. The van der Waals surface area contributed by atoms with Crippen LogP contribution in [0.2, 0.25) is 0 Å². The van der Waals surface area contributed by atoms with E-state index in [4.69, 9.17) is 21.3 Å². The number of esters is 1. The summed E-state index contributed by atoms with van der Waals surface area (Å²) in [6, 6.07) is 23.0. The molecule has 1 aliphatic heterocycles. The number of hydrogen-bond donors (Lipinski definition) is 1. The van der Waals surface area contributed by atoms with Gasteiger partial charge in [0.05, 0.1) is 29.3 Å². The van der Waals surface area contributed by atoms with Crippen LogP contribution in [0.5, 0.6) is 5.75 Å². The second kappa shape index (κ2) is 9.89. The van der Waals surface area contributed by atoms with Crippen LogP contribution < -0.4 is 20.4 Å². The Morgan fingerprint density at radius 1 is 1.12 bits per heavy atom. The molecule has 0 unspecified atom stereocenters. The first-order chi connectivity index (χ1) is 16.3. The fraction of sp³-hybridized carbons (Fsp3) is 0.160. The van der Waals surface area contributed by atoms with Crippen LogP contribution in [0.4, 0.5) is 5.69 Å². The molecular formula is C25H23N2O5PS. The fourth-order valence-electron chi connectivity index (χ4n) is 3.89. The zero-order chi connectivity index (χ0) is 24.3. The number of nitro benzene ring substituents is 1. The van der Waals surface area contributed by atoms with E-state index in [0.717, 1.165) is 10.6 Å². The molecule has 3 aromatic carbocycles. The molecule has 0 saturated heterocycles. The third-order valence-electron chi connectivity index (χ3n) is 5.54. The predicted molar refractivity (Wildman–Crippen MR) is 136 cm³/mol. The molecule has 3 aromatic rings. The second-order valence-corrected chi connectivity index (χ2v) is 11.8. The van der Waals surface area contributed by atoms with Crippen LogP contribution in [0.15, 0.2) is 91.0 Å². The normalized spacial score (nSPS) is 16.9. The second-order valence-electron chi connectivity index (χ2n) is 7.65. The minimum atomic E-state index is -2.65. The lowest BCUT2D eigenvalue weighted by Crippen LogP contribution is -2.37. The Hall–Kier alpha value is -3.32. The molecule has 0 spiro atoms. The number of nitrogens with one attached hydrogen (secondary N) is 1. The Morgan fingerprint density at radius 3 is 2.24 bits per heavy atom. The van der Waals surface area contributed by atoms with Gasteiger partial charge in [-0.1, -0.05) is 79.0 Å². The van der Waals surface area contributed by atoms with Gasteiger partial charge in [0, 0.05) is 28.3 Å². The number of hydrogen-bond acceptors (Lipinski definition) is 6. The molecule has 0 aromatic heterocycles. The van der Waals surface area contributed by atoms with Crippen LogP contribution in [-0.2, 0) is 21.3 Å². The maximum Gasteiger partial charge on any atom is 0.337 e. The number of benzene rings is 3. The maximum atomic E-state index is 12.6. The van der Waals surface area contributed by atoms with Gasteiger partial charge < -0.3 is 9.47 Å². The van der Waals surface area contributed by atoms with Crippen molar-refractivity contribution in [1.29, 1.82) is 0 Å². The highest BCUT2D eigenvalue weighted by atomic mass is 32.4. The molecule has 9 heteroatoms. The minimum absolute atomic E-state index is 0.0794. The van der Waals surface area contributed by atoms with Crippen molar-refractivity contribution < 1.29 is 19.2 Å². The lowest BCUT2D eigenvalue weighted by atomic mass is 9.99. The van der Waals surface area contributed by atoms with E-state index in [9.17, 15) is 14.9 Å². The summed E-state index contributed by atoms with van der Waals surface area (Å²) < 4.78 is 11.2. The summed E-state index contributed by atoms with van der Waals surface area (Å²) in [5.41, 5.74) is 0.580. The van der Waals surface area contributed by atoms with Gasteiger partial charge in [0.1, 0.15) is 11.9 Å². The van der Waals surface area contributed by atoms with Crippen LogP contribution in [0.1, 0.15) is 18.5 Å². The lowest BCUT2D eigenvalue weighted by Gasteiger charge is -2.30. The van der Waals surface area contributed by atoms with Crippen LogP contribution in [-0.4, -0.2) is 23.6 Å². The SMILES string of the molecule is C=C(C(=O)OCC)[C@@H]1Oc2ccc([N+](=O)[O-])cc2[C@H]1NP(=S)(c1ccccc1)c1ccccc1. The van der Waals surface area contributed by atoms with Gasteiger partial charge in [-0.15, -0.1) is 0 Å². The summed E-state index contributed by atoms with van der Waals surface area (Å²) in [6.07, 6.45) is -3.49. The molecule has 0 bridgehead atoms. The van der Waals surface area contributed by atoms with E-state index in [1.54, 1.807) is 6.92 Å². The molecule has 1 aliphatic rings. The minimum Gasteiger partial charge on any atom is -0.483 e. The number of nitro groups is 1. The molecule has 2 atom stereocenters. The van der Waals surface area contributed by atoms with Crippen molar-refractivity contribution in [2.24, 2.45) is 0 Å². The van der Waals surface area contributed by atoms with Gasteiger partial charge in [0.15, 0.2) is 0 Å². The van der Waals surface area contributed by atoms with Crippen molar-refractivity contribution in [1.82, 2.24) is 5.09 Å². The van der Waals surface area contributed by atoms with E-state index in [1.807, 2.05) is 60.7 Å². The summed E-state index contributed by atoms with van der Waals surface area (Å²) in [7, 11) is 0. The summed E-state index contributed by atoms with van der Waals surface area (Å²) in [4.78, 5) is 23.6. The smallest absolute Gasteiger partial charge is 0.337 e. The van der Waals surface area contributed by atoms with Crippen molar-refractivity contribution in [2.45, 2.75) is 19.1 Å². The zero-order valence-corrected chi connectivity index (χ0v) is 20.1. The topological polar surface area (TPSA) is 90.7 Å². The highest BCUT2D eigenvalue weighted by Crippen LogP contribution is 2.49. The van der Waals surface area contributed by atoms with Crippen LogP contribution in [0.3, 0.4) is 0 Å². The monoisotopic (exact) mass is 494 g/mol. The van der Waals surface area contributed by atoms with Gasteiger partial charge in [-0.25, -0.2) is 4.79 Å². The number of carbonyl (C=O) groups excluding carboxylic acids is 1. The van der Waals surface area contributed by atoms with Gasteiger partial charge in [-0.3, -0.25) is 15.2 Å². The number of rotatable bonds is 8. The Labute approximate surface area is 202 Å². The van der Waals surface area contributed by atoms with E-state index in [-0.39, 0.29) is 17.9 Å². The average Bonchev–Trinajstić information content (AvgIpc) is 3.21. The molecule has 1 heterocycles. The first-order valence-electron chi connectivity index (χ1n) is 10.6. The standard InChI is InChI=1S/C25H23N2O5PS/c1-3-31-25(28)17(2)24-23(21-16-18(27(29)30)14-15-22(21)32-24)26-33(34,19-10-6-4-7-11-19)20-12-8-5-9-13-20/h4-16,23-24H,2-3H2,1H3,(H,26,34)/t23-,24+/m1/s1. The van der Waals surface area contributed by atoms with Crippen molar-refractivity contribution in [3.05, 3.63) is 107 Å². The fourth-order valence-corrected chi connectivity index (χ4v) is 7.40. The zero-order valence-electron chi connectivity index (χ0n) is 18.4. The highest BCUT2D eigenvalue weighted by molar-refractivity contribution is 8.20. The third kappa shape index (κ3) is 4.53.